The van der Waals surface area contributed by atoms with Gasteiger partial charge >= 0.3 is 5.97 Å². The number of carbonyl (C=O) groups is 1. The molecule has 1 saturated carbocycles. The summed E-state index contributed by atoms with van der Waals surface area (Å²) < 4.78 is 11.3. The van der Waals surface area contributed by atoms with E-state index >= 15 is 0 Å². The van der Waals surface area contributed by atoms with Crippen molar-refractivity contribution in [2.24, 2.45) is 10.8 Å². The Morgan fingerprint density at radius 2 is 1.77 bits per heavy atom. The number of aromatic nitrogens is 1. The first-order chi connectivity index (χ1) is 12.4. The average Bonchev–Trinajstić information content (AvgIpc) is 3.07. The average molecular weight is 372 g/mol. The first kappa shape index (κ1) is 18.8. The Hall–Kier alpha value is -2.01. The van der Waals surface area contributed by atoms with Crippen LogP contribution < -0.4 is 9.47 Å². The third-order valence-corrected chi connectivity index (χ3v) is 7.25. The summed E-state index contributed by atoms with van der Waals surface area (Å²) in [6.45, 7) is 8.40. The molecule has 5 heteroatoms. The van der Waals surface area contributed by atoms with E-state index in [0.717, 1.165) is 12.2 Å². The van der Waals surface area contributed by atoms with Crippen LogP contribution in [0.15, 0.2) is 48.5 Å². The van der Waals surface area contributed by atoms with Crippen LogP contribution in [0.5, 0.6) is 17.5 Å². The standard InChI is InChI=1S/C21H25NO3S/c1-5-14-26-18-20(2,3)21(18,4)19(23)25-17-13-9-12-16(22-17)24-15-10-7-6-8-11-15/h6-13,18H,5,14H2,1-4H3. The van der Waals surface area contributed by atoms with Crippen molar-refractivity contribution in [3.05, 3.63) is 48.5 Å². The number of benzene rings is 1. The fraction of sp³-hybridized carbons (Fsp3) is 0.429. The molecule has 1 aromatic heterocycles. The molecule has 0 radical (unpaired) electrons. The summed E-state index contributed by atoms with van der Waals surface area (Å²) in [7, 11) is 0. The van der Waals surface area contributed by atoms with Gasteiger partial charge < -0.3 is 9.47 Å². The Kier molecular flexibility index (Phi) is 5.28. The van der Waals surface area contributed by atoms with Gasteiger partial charge in [-0.2, -0.15) is 16.7 Å². The zero-order valence-corrected chi connectivity index (χ0v) is 16.5. The number of ether oxygens (including phenoxy) is 2. The Balaban J connectivity index is 1.69. The summed E-state index contributed by atoms with van der Waals surface area (Å²) >= 11 is 1.85. The van der Waals surface area contributed by atoms with E-state index < -0.39 is 5.41 Å². The molecular formula is C21H25NO3S. The van der Waals surface area contributed by atoms with Gasteiger partial charge in [0.1, 0.15) is 5.75 Å². The molecule has 1 aromatic carbocycles. The Morgan fingerprint density at radius 3 is 2.46 bits per heavy atom. The fourth-order valence-corrected chi connectivity index (χ4v) is 5.02. The van der Waals surface area contributed by atoms with Crippen molar-refractivity contribution in [1.82, 2.24) is 4.98 Å². The van der Waals surface area contributed by atoms with Gasteiger partial charge in [-0.1, -0.05) is 45.0 Å². The van der Waals surface area contributed by atoms with Gasteiger partial charge in [0.05, 0.1) is 5.41 Å². The van der Waals surface area contributed by atoms with Gasteiger partial charge in [-0.25, -0.2) is 0 Å². The van der Waals surface area contributed by atoms with Gasteiger partial charge in [-0.3, -0.25) is 4.79 Å². The highest BCUT2D eigenvalue weighted by molar-refractivity contribution is 8.00. The monoisotopic (exact) mass is 371 g/mol. The Labute approximate surface area is 159 Å². The molecule has 0 spiro atoms. The van der Waals surface area contributed by atoms with Crippen molar-refractivity contribution in [3.8, 4) is 17.5 Å². The van der Waals surface area contributed by atoms with Crippen molar-refractivity contribution in [1.29, 1.82) is 0 Å². The van der Waals surface area contributed by atoms with E-state index in [1.54, 1.807) is 18.2 Å². The third kappa shape index (κ3) is 3.45. The van der Waals surface area contributed by atoms with Crippen LogP contribution in [0.3, 0.4) is 0 Å². The number of pyridine rings is 1. The molecule has 0 bridgehead atoms. The quantitative estimate of drug-likeness (QED) is 0.615. The molecule has 1 aliphatic rings. The number of rotatable bonds is 7. The van der Waals surface area contributed by atoms with Crippen molar-refractivity contribution in [2.45, 2.75) is 39.4 Å². The van der Waals surface area contributed by atoms with Crippen LogP contribution in [-0.4, -0.2) is 22.0 Å². The largest absolute Gasteiger partial charge is 0.439 e. The maximum atomic E-state index is 12.8. The second-order valence-corrected chi connectivity index (χ2v) is 8.51. The molecule has 3 rings (SSSR count). The van der Waals surface area contributed by atoms with Gasteiger partial charge in [-0.05, 0) is 36.6 Å². The molecule has 0 aliphatic heterocycles. The fourth-order valence-electron chi connectivity index (χ4n) is 3.23. The van der Waals surface area contributed by atoms with Crippen LogP contribution >= 0.6 is 11.8 Å². The summed E-state index contributed by atoms with van der Waals surface area (Å²) in [5, 5.41) is 0.270. The molecule has 2 aromatic rings. The van der Waals surface area contributed by atoms with Crippen molar-refractivity contribution < 1.29 is 14.3 Å². The van der Waals surface area contributed by atoms with Crippen LogP contribution in [0.2, 0.25) is 0 Å². The van der Waals surface area contributed by atoms with Gasteiger partial charge in [-0.15, -0.1) is 0 Å². The zero-order valence-electron chi connectivity index (χ0n) is 15.7. The number of para-hydroxylation sites is 1. The summed E-state index contributed by atoms with van der Waals surface area (Å²) in [5.41, 5.74) is -0.577. The van der Waals surface area contributed by atoms with Gasteiger partial charge in [0.2, 0.25) is 11.8 Å². The number of nitrogens with zero attached hydrogens (tertiary/aromatic N) is 1. The first-order valence-corrected chi connectivity index (χ1v) is 9.98. The maximum Gasteiger partial charge on any atom is 0.320 e. The van der Waals surface area contributed by atoms with E-state index in [9.17, 15) is 4.79 Å². The highest BCUT2D eigenvalue weighted by atomic mass is 32.2. The predicted octanol–water partition coefficient (Wildman–Crippen LogP) is 5.34. The molecule has 1 aliphatic carbocycles. The summed E-state index contributed by atoms with van der Waals surface area (Å²) in [4.78, 5) is 17.2. The minimum atomic E-state index is -0.495. The summed E-state index contributed by atoms with van der Waals surface area (Å²) in [6, 6.07) is 14.6. The molecule has 4 nitrogen and oxygen atoms in total. The smallest absolute Gasteiger partial charge is 0.320 e. The van der Waals surface area contributed by atoms with Crippen LogP contribution in [0.4, 0.5) is 0 Å². The van der Waals surface area contributed by atoms with Crippen molar-refractivity contribution >= 4 is 17.7 Å². The van der Waals surface area contributed by atoms with Crippen LogP contribution in [-0.2, 0) is 4.79 Å². The summed E-state index contributed by atoms with van der Waals surface area (Å²) in [5.74, 6) is 2.19. The molecule has 2 atom stereocenters. The minimum absolute atomic E-state index is 0.0813. The molecule has 1 fully saturated rings. The number of hydrogen-bond acceptors (Lipinski definition) is 5. The number of esters is 1. The van der Waals surface area contributed by atoms with E-state index in [4.69, 9.17) is 9.47 Å². The summed E-state index contributed by atoms with van der Waals surface area (Å²) in [6.07, 6.45) is 1.10. The highest BCUT2D eigenvalue weighted by Gasteiger charge is 2.73. The molecule has 0 amide bonds. The second-order valence-electron chi connectivity index (χ2n) is 7.29. The van der Waals surface area contributed by atoms with Crippen LogP contribution in [0.1, 0.15) is 34.1 Å². The topological polar surface area (TPSA) is 48.4 Å². The van der Waals surface area contributed by atoms with E-state index in [1.165, 1.54) is 0 Å². The maximum absolute atomic E-state index is 12.8. The van der Waals surface area contributed by atoms with Crippen molar-refractivity contribution in [2.75, 3.05) is 5.75 Å². The van der Waals surface area contributed by atoms with E-state index in [2.05, 4.69) is 25.8 Å². The van der Waals surface area contributed by atoms with E-state index in [-0.39, 0.29) is 22.5 Å². The molecular weight excluding hydrogens is 346 g/mol. The molecule has 0 N–H and O–H groups in total. The normalized spacial score (nSPS) is 23.3. The molecule has 26 heavy (non-hydrogen) atoms. The van der Waals surface area contributed by atoms with Gasteiger partial charge in [0, 0.05) is 17.4 Å². The zero-order chi connectivity index (χ0) is 18.8. The lowest BCUT2D eigenvalue weighted by molar-refractivity contribution is -0.141. The molecule has 2 unspecified atom stereocenters. The molecule has 138 valence electrons. The molecule has 1 heterocycles. The lowest BCUT2D eigenvalue weighted by Crippen LogP contribution is -2.24. The van der Waals surface area contributed by atoms with E-state index in [1.807, 2.05) is 49.0 Å². The Bertz CT molecular complexity index is 778. The van der Waals surface area contributed by atoms with E-state index in [0.29, 0.717) is 11.6 Å². The number of carbonyl (C=O) groups excluding carboxylic acids is 1. The molecule has 0 saturated heterocycles. The van der Waals surface area contributed by atoms with Gasteiger partial charge in [0.15, 0.2) is 0 Å². The second kappa shape index (κ2) is 7.31. The Morgan fingerprint density at radius 1 is 1.08 bits per heavy atom. The van der Waals surface area contributed by atoms with Gasteiger partial charge in [0.25, 0.3) is 0 Å². The minimum Gasteiger partial charge on any atom is -0.439 e. The van der Waals surface area contributed by atoms with Crippen molar-refractivity contribution in [3.63, 3.8) is 0 Å². The van der Waals surface area contributed by atoms with Crippen LogP contribution in [0.25, 0.3) is 0 Å². The predicted molar refractivity (Wildman–Crippen MR) is 105 cm³/mol. The highest BCUT2D eigenvalue weighted by Crippen LogP contribution is 2.69. The first-order valence-electron chi connectivity index (χ1n) is 8.93. The lowest BCUT2D eigenvalue weighted by Gasteiger charge is -2.13. The lowest BCUT2D eigenvalue weighted by atomic mass is 9.99. The SMILES string of the molecule is CCCSC1C(C)(C)C1(C)C(=O)Oc1cccc(Oc2ccccc2)n1. The number of thioether (sulfide) groups is 1. The van der Waals surface area contributed by atoms with Crippen LogP contribution in [0, 0.1) is 10.8 Å². The third-order valence-electron chi connectivity index (χ3n) is 5.21. The number of hydrogen-bond donors (Lipinski definition) is 0.